The van der Waals surface area contributed by atoms with Crippen molar-refractivity contribution in [2.75, 3.05) is 7.05 Å². The smallest absolute Gasteiger partial charge is 0.243 e. The number of hydrogen-bond donors (Lipinski definition) is 1. The monoisotopic (exact) mass is 311 g/mol. The van der Waals surface area contributed by atoms with E-state index < -0.39 is 16.1 Å². The Labute approximate surface area is 125 Å². The maximum atomic E-state index is 12.6. The second-order valence-corrected chi connectivity index (χ2v) is 7.52. The number of benzene rings is 1. The molecule has 116 valence electrons. The van der Waals surface area contributed by atoms with Crippen LogP contribution in [0.3, 0.4) is 0 Å². The molecule has 1 fully saturated rings. The van der Waals surface area contributed by atoms with Crippen molar-refractivity contribution in [2.45, 2.75) is 49.6 Å². The quantitative estimate of drug-likeness (QED) is 0.861. The van der Waals surface area contributed by atoms with Crippen molar-refractivity contribution in [3.63, 3.8) is 0 Å². The van der Waals surface area contributed by atoms with E-state index in [1.807, 2.05) is 0 Å². The van der Waals surface area contributed by atoms with E-state index in [-0.39, 0.29) is 16.7 Å². The lowest BCUT2D eigenvalue weighted by molar-refractivity contribution is 0.0638. The highest BCUT2D eigenvalue weighted by Gasteiger charge is 2.34. The summed E-state index contributed by atoms with van der Waals surface area (Å²) in [7, 11) is -2.14. The molecule has 6 heteroatoms. The number of rotatable bonds is 4. The van der Waals surface area contributed by atoms with Crippen LogP contribution in [0.25, 0.3) is 0 Å². The first-order valence-electron chi connectivity index (χ1n) is 7.11. The molecule has 0 heterocycles. The fraction of sp³-hybridized carbons (Fsp3) is 0.533. The molecule has 2 rings (SSSR count). The van der Waals surface area contributed by atoms with Gasteiger partial charge in [0.05, 0.1) is 17.0 Å². The molecule has 1 aromatic rings. The van der Waals surface area contributed by atoms with Gasteiger partial charge in [0, 0.05) is 12.6 Å². The van der Waals surface area contributed by atoms with Crippen LogP contribution in [0.15, 0.2) is 29.2 Å². The highest BCUT2D eigenvalue weighted by molar-refractivity contribution is 7.89. The largest absolute Gasteiger partial charge is 0.391 e. The average molecular weight is 311 g/mol. The molecular formula is C15H21NO4S. The van der Waals surface area contributed by atoms with E-state index in [2.05, 4.69) is 0 Å². The van der Waals surface area contributed by atoms with Gasteiger partial charge in [-0.05, 0) is 31.9 Å². The molecule has 1 aromatic carbocycles. The van der Waals surface area contributed by atoms with Crippen LogP contribution in [0.2, 0.25) is 0 Å². The molecule has 0 saturated heterocycles. The van der Waals surface area contributed by atoms with E-state index in [4.69, 9.17) is 0 Å². The van der Waals surface area contributed by atoms with Gasteiger partial charge < -0.3 is 5.11 Å². The van der Waals surface area contributed by atoms with Crippen LogP contribution in [0.5, 0.6) is 0 Å². The van der Waals surface area contributed by atoms with Crippen LogP contribution in [-0.2, 0) is 10.0 Å². The molecular weight excluding hydrogens is 290 g/mol. The Kier molecular flexibility index (Phi) is 4.81. The lowest BCUT2D eigenvalue weighted by atomic mass is 9.93. The van der Waals surface area contributed by atoms with E-state index in [9.17, 15) is 18.3 Å². The van der Waals surface area contributed by atoms with Crippen LogP contribution >= 0.6 is 0 Å². The molecule has 1 aliphatic rings. The third-order valence-electron chi connectivity index (χ3n) is 4.10. The molecule has 5 nitrogen and oxygen atoms in total. The molecule has 0 spiro atoms. The number of aliphatic hydroxyl groups excluding tert-OH is 1. The van der Waals surface area contributed by atoms with Crippen molar-refractivity contribution >= 4 is 15.8 Å². The van der Waals surface area contributed by atoms with Gasteiger partial charge in [-0.1, -0.05) is 25.0 Å². The topological polar surface area (TPSA) is 74.7 Å². The summed E-state index contributed by atoms with van der Waals surface area (Å²) >= 11 is 0. The number of likely N-dealkylation sites (N-methyl/N-ethyl adjacent to an activating group) is 1. The van der Waals surface area contributed by atoms with E-state index in [0.717, 1.165) is 12.8 Å². The van der Waals surface area contributed by atoms with Crippen LogP contribution in [0.1, 0.15) is 43.0 Å². The summed E-state index contributed by atoms with van der Waals surface area (Å²) in [6.45, 7) is 1.44. The van der Waals surface area contributed by atoms with Gasteiger partial charge >= 0.3 is 0 Å². The summed E-state index contributed by atoms with van der Waals surface area (Å²) in [6, 6.07) is 5.53. The van der Waals surface area contributed by atoms with Gasteiger partial charge in [0.1, 0.15) is 0 Å². The summed E-state index contributed by atoms with van der Waals surface area (Å²) in [5, 5.41) is 10.0. The fourth-order valence-corrected chi connectivity index (χ4v) is 4.14. The van der Waals surface area contributed by atoms with E-state index >= 15 is 0 Å². The Morgan fingerprint density at radius 3 is 2.29 bits per heavy atom. The second kappa shape index (κ2) is 6.25. The number of nitrogens with zero attached hydrogens (tertiary/aromatic N) is 1. The Morgan fingerprint density at radius 2 is 1.76 bits per heavy atom. The highest BCUT2D eigenvalue weighted by Crippen LogP contribution is 2.27. The minimum Gasteiger partial charge on any atom is -0.391 e. The van der Waals surface area contributed by atoms with E-state index in [1.54, 1.807) is 0 Å². The van der Waals surface area contributed by atoms with Crippen LogP contribution in [-0.4, -0.2) is 42.8 Å². The standard InChI is InChI=1S/C15H21NO4S/c1-11(17)12-7-9-13(10-8-12)21(19,20)16(2)14-5-3-4-6-15(14)18/h7-10,14-15,18H,3-6H2,1-2H3. The number of sulfonamides is 1. The summed E-state index contributed by atoms with van der Waals surface area (Å²) in [6.07, 6.45) is 2.54. The first kappa shape index (κ1) is 16.1. The minimum atomic E-state index is -3.65. The molecule has 2 atom stereocenters. The third kappa shape index (κ3) is 3.33. The SMILES string of the molecule is CC(=O)c1ccc(S(=O)(=O)N(C)C2CCCCC2O)cc1. The fourth-order valence-electron chi connectivity index (χ4n) is 2.72. The maximum absolute atomic E-state index is 12.6. The zero-order chi connectivity index (χ0) is 15.6. The summed E-state index contributed by atoms with van der Waals surface area (Å²) < 4.78 is 26.4. The molecule has 0 aromatic heterocycles. The van der Waals surface area contributed by atoms with Gasteiger partial charge in [0.25, 0.3) is 0 Å². The van der Waals surface area contributed by atoms with Crippen molar-refractivity contribution in [1.82, 2.24) is 4.31 Å². The van der Waals surface area contributed by atoms with Gasteiger partial charge in [-0.2, -0.15) is 4.31 Å². The number of carbonyl (C=O) groups is 1. The predicted molar refractivity (Wildman–Crippen MR) is 79.7 cm³/mol. The Hall–Kier alpha value is -1.24. The molecule has 0 bridgehead atoms. The summed E-state index contributed by atoms with van der Waals surface area (Å²) in [4.78, 5) is 11.4. The third-order valence-corrected chi connectivity index (χ3v) is 6.00. The zero-order valence-corrected chi connectivity index (χ0v) is 13.1. The number of aliphatic hydroxyl groups is 1. The number of ketones is 1. The molecule has 0 radical (unpaired) electrons. The van der Waals surface area contributed by atoms with Crippen molar-refractivity contribution in [3.8, 4) is 0 Å². The molecule has 2 unspecified atom stereocenters. The molecule has 1 aliphatic carbocycles. The zero-order valence-electron chi connectivity index (χ0n) is 12.3. The Balaban J connectivity index is 2.26. The van der Waals surface area contributed by atoms with Gasteiger partial charge in [-0.15, -0.1) is 0 Å². The number of carbonyl (C=O) groups excluding carboxylic acids is 1. The van der Waals surface area contributed by atoms with Crippen molar-refractivity contribution in [3.05, 3.63) is 29.8 Å². The molecule has 0 amide bonds. The minimum absolute atomic E-state index is 0.102. The van der Waals surface area contributed by atoms with Crippen molar-refractivity contribution < 1.29 is 18.3 Å². The highest BCUT2D eigenvalue weighted by atomic mass is 32.2. The number of Topliss-reactive ketones (excluding diaryl/α,β-unsaturated/α-hetero) is 1. The van der Waals surface area contributed by atoms with Crippen LogP contribution in [0, 0.1) is 0 Å². The van der Waals surface area contributed by atoms with Gasteiger partial charge in [-0.3, -0.25) is 4.79 Å². The van der Waals surface area contributed by atoms with Gasteiger partial charge in [0.15, 0.2) is 5.78 Å². The number of hydrogen-bond acceptors (Lipinski definition) is 4. The lowest BCUT2D eigenvalue weighted by Gasteiger charge is -2.34. The first-order valence-corrected chi connectivity index (χ1v) is 8.55. The Bertz CT molecular complexity index is 609. The van der Waals surface area contributed by atoms with Gasteiger partial charge in [-0.25, -0.2) is 8.42 Å². The second-order valence-electron chi connectivity index (χ2n) is 5.52. The van der Waals surface area contributed by atoms with E-state index in [1.165, 1.54) is 42.5 Å². The Morgan fingerprint density at radius 1 is 1.19 bits per heavy atom. The van der Waals surface area contributed by atoms with Gasteiger partial charge in [0.2, 0.25) is 10.0 Å². The van der Waals surface area contributed by atoms with Crippen LogP contribution < -0.4 is 0 Å². The van der Waals surface area contributed by atoms with Crippen molar-refractivity contribution in [2.24, 2.45) is 0 Å². The molecule has 0 aliphatic heterocycles. The lowest BCUT2D eigenvalue weighted by Crippen LogP contribution is -2.46. The van der Waals surface area contributed by atoms with Crippen molar-refractivity contribution in [1.29, 1.82) is 0 Å². The molecule has 1 saturated carbocycles. The molecule has 21 heavy (non-hydrogen) atoms. The predicted octanol–water partition coefficient (Wildman–Crippen LogP) is 1.81. The molecule has 1 N–H and O–H groups in total. The first-order chi connectivity index (χ1) is 9.84. The summed E-state index contributed by atoms with van der Waals surface area (Å²) in [5.74, 6) is -0.102. The summed E-state index contributed by atoms with van der Waals surface area (Å²) in [5.41, 5.74) is 0.481. The maximum Gasteiger partial charge on any atom is 0.243 e. The van der Waals surface area contributed by atoms with Crippen LogP contribution in [0.4, 0.5) is 0 Å². The normalized spacial score (nSPS) is 23.2. The average Bonchev–Trinajstić information content (AvgIpc) is 2.47. The van der Waals surface area contributed by atoms with E-state index in [0.29, 0.717) is 18.4 Å².